The standard InChI is InChI=1S/C16H24N6/c1-11-8-12(2)15(13(3)9-11)19-14-10-18-21-16(20-14)17-6-7-22(4)5/h8-10H,6-7H2,1-5H3,(H2,17,19,20,21). The van der Waals surface area contributed by atoms with Gasteiger partial charge in [-0.15, -0.1) is 5.10 Å². The molecular weight excluding hydrogens is 276 g/mol. The van der Waals surface area contributed by atoms with Gasteiger partial charge in [-0.2, -0.15) is 10.1 Å². The third-order valence-corrected chi connectivity index (χ3v) is 3.33. The van der Waals surface area contributed by atoms with Gasteiger partial charge < -0.3 is 15.5 Å². The quantitative estimate of drug-likeness (QED) is 0.854. The summed E-state index contributed by atoms with van der Waals surface area (Å²) in [5, 5.41) is 14.5. The van der Waals surface area contributed by atoms with Crippen LogP contribution in [0.5, 0.6) is 0 Å². The molecule has 0 amide bonds. The van der Waals surface area contributed by atoms with Gasteiger partial charge in [0.2, 0.25) is 5.95 Å². The SMILES string of the molecule is Cc1cc(C)c(Nc2cnnc(NCCN(C)C)n2)c(C)c1. The lowest BCUT2D eigenvalue weighted by molar-refractivity contribution is 0.425. The van der Waals surface area contributed by atoms with E-state index in [-0.39, 0.29) is 0 Å². The normalized spacial score (nSPS) is 10.8. The van der Waals surface area contributed by atoms with Gasteiger partial charge in [-0.25, -0.2) is 0 Å². The molecule has 2 aromatic rings. The summed E-state index contributed by atoms with van der Waals surface area (Å²) in [6, 6.07) is 4.31. The van der Waals surface area contributed by atoms with E-state index < -0.39 is 0 Å². The number of likely N-dealkylation sites (N-methyl/N-ethyl adjacent to an activating group) is 1. The van der Waals surface area contributed by atoms with Crippen LogP contribution in [0.25, 0.3) is 0 Å². The number of nitrogens with zero attached hydrogens (tertiary/aromatic N) is 4. The maximum Gasteiger partial charge on any atom is 0.244 e. The van der Waals surface area contributed by atoms with Gasteiger partial charge in [0.25, 0.3) is 0 Å². The zero-order valence-electron chi connectivity index (χ0n) is 13.9. The Morgan fingerprint density at radius 2 is 1.77 bits per heavy atom. The lowest BCUT2D eigenvalue weighted by Gasteiger charge is -2.14. The molecule has 118 valence electrons. The Kier molecular flexibility index (Phi) is 5.27. The summed E-state index contributed by atoms with van der Waals surface area (Å²) in [6.45, 7) is 7.97. The predicted octanol–water partition coefficient (Wildman–Crippen LogP) is 2.51. The van der Waals surface area contributed by atoms with Crippen LogP contribution in [-0.2, 0) is 0 Å². The van der Waals surface area contributed by atoms with E-state index in [9.17, 15) is 0 Å². The molecule has 1 aromatic carbocycles. The fourth-order valence-corrected chi connectivity index (χ4v) is 2.34. The van der Waals surface area contributed by atoms with Gasteiger partial charge in [0, 0.05) is 18.8 Å². The van der Waals surface area contributed by atoms with E-state index in [4.69, 9.17) is 0 Å². The van der Waals surface area contributed by atoms with Crippen LogP contribution < -0.4 is 10.6 Å². The van der Waals surface area contributed by atoms with Crippen LogP contribution in [0.1, 0.15) is 16.7 Å². The molecule has 0 aliphatic carbocycles. The summed E-state index contributed by atoms with van der Waals surface area (Å²) in [5.41, 5.74) is 4.72. The Morgan fingerprint density at radius 1 is 1.09 bits per heavy atom. The number of anilines is 3. The van der Waals surface area contributed by atoms with E-state index in [2.05, 4.69) is 63.6 Å². The highest BCUT2D eigenvalue weighted by Gasteiger charge is 2.06. The highest BCUT2D eigenvalue weighted by molar-refractivity contribution is 5.65. The van der Waals surface area contributed by atoms with Crippen molar-refractivity contribution in [2.75, 3.05) is 37.8 Å². The molecule has 22 heavy (non-hydrogen) atoms. The fraction of sp³-hybridized carbons (Fsp3) is 0.438. The van der Waals surface area contributed by atoms with E-state index in [1.54, 1.807) is 6.20 Å². The number of aryl methyl sites for hydroxylation is 3. The summed E-state index contributed by atoms with van der Waals surface area (Å²) < 4.78 is 0. The van der Waals surface area contributed by atoms with Gasteiger partial charge in [0.05, 0.1) is 6.20 Å². The number of rotatable bonds is 6. The van der Waals surface area contributed by atoms with Crippen LogP contribution in [0, 0.1) is 20.8 Å². The molecule has 6 nitrogen and oxygen atoms in total. The topological polar surface area (TPSA) is 66.0 Å². The highest BCUT2D eigenvalue weighted by Crippen LogP contribution is 2.24. The second kappa shape index (κ2) is 7.17. The smallest absolute Gasteiger partial charge is 0.244 e. The maximum atomic E-state index is 4.46. The molecule has 0 saturated heterocycles. The third-order valence-electron chi connectivity index (χ3n) is 3.33. The maximum absolute atomic E-state index is 4.46. The fourth-order valence-electron chi connectivity index (χ4n) is 2.34. The van der Waals surface area contributed by atoms with Gasteiger partial charge in [-0.05, 0) is 46.0 Å². The van der Waals surface area contributed by atoms with Crippen molar-refractivity contribution in [3.63, 3.8) is 0 Å². The Hall–Kier alpha value is -2.21. The molecule has 0 atom stereocenters. The molecule has 6 heteroatoms. The molecule has 2 rings (SSSR count). The summed E-state index contributed by atoms with van der Waals surface area (Å²) in [6.07, 6.45) is 1.63. The van der Waals surface area contributed by atoms with Crippen LogP contribution in [0.15, 0.2) is 18.3 Å². The minimum Gasteiger partial charge on any atom is -0.352 e. The van der Waals surface area contributed by atoms with Crippen LogP contribution in [0.4, 0.5) is 17.5 Å². The van der Waals surface area contributed by atoms with E-state index in [0.29, 0.717) is 11.8 Å². The zero-order chi connectivity index (χ0) is 16.1. The third kappa shape index (κ3) is 4.39. The minimum absolute atomic E-state index is 0.536. The monoisotopic (exact) mass is 300 g/mol. The van der Waals surface area contributed by atoms with E-state index in [1.165, 1.54) is 16.7 Å². The Morgan fingerprint density at radius 3 is 2.41 bits per heavy atom. The summed E-state index contributed by atoms with van der Waals surface area (Å²) in [5.74, 6) is 1.23. The first-order chi connectivity index (χ1) is 10.5. The molecule has 0 saturated carbocycles. The van der Waals surface area contributed by atoms with Crippen molar-refractivity contribution in [3.8, 4) is 0 Å². The van der Waals surface area contributed by atoms with Crippen molar-refractivity contribution in [1.29, 1.82) is 0 Å². The highest BCUT2D eigenvalue weighted by atomic mass is 15.3. The number of aromatic nitrogens is 3. The first kappa shape index (κ1) is 16.2. The van der Waals surface area contributed by atoms with Crippen LogP contribution >= 0.6 is 0 Å². The lowest BCUT2D eigenvalue weighted by atomic mass is 10.1. The Bertz CT molecular complexity index is 615. The van der Waals surface area contributed by atoms with Crippen molar-refractivity contribution in [2.24, 2.45) is 0 Å². The van der Waals surface area contributed by atoms with Gasteiger partial charge in [0.1, 0.15) is 0 Å². The largest absolute Gasteiger partial charge is 0.352 e. The molecule has 0 aliphatic heterocycles. The average molecular weight is 300 g/mol. The van der Waals surface area contributed by atoms with Crippen molar-refractivity contribution >= 4 is 17.5 Å². The van der Waals surface area contributed by atoms with E-state index in [1.807, 2.05) is 14.1 Å². The molecule has 0 spiro atoms. The number of hydrogen-bond donors (Lipinski definition) is 2. The predicted molar refractivity (Wildman–Crippen MR) is 90.8 cm³/mol. The first-order valence-corrected chi connectivity index (χ1v) is 7.39. The minimum atomic E-state index is 0.536. The number of hydrogen-bond acceptors (Lipinski definition) is 6. The summed E-state index contributed by atoms with van der Waals surface area (Å²) in [4.78, 5) is 6.55. The average Bonchev–Trinajstić information content (AvgIpc) is 2.43. The molecule has 1 aromatic heterocycles. The molecule has 2 N–H and O–H groups in total. The zero-order valence-corrected chi connectivity index (χ0v) is 13.9. The van der Waals surface area contributed by atoms with Crippen LogP contribution in [0.2, 0.25) is 0 Å². The second-order valence-electron chi connectivity index (χ2n) is 5.79. The van der Waals surface area contributed by atoms with Gasteiger partial charge in [-0.3, -0.25) is 0 Å². The molecule has 0 bridgehead atoms. The first-order valence-electron chi connectivity index (χ1n) is 7.39. The molecule has 0 unspecified atom stereocenters. The van der Waals surface area contributed by atoms with Gasteiger partial charge in [0.15, 0.2) is 5.82 Å². The Labute approximate surface area is 132 Å². The molecular formula is C16H24N6. The van der Waals surface area contributed by atoms with Crippen molar-refractivity contribution < 1.29 is 0 Å². The molecule has 1 heterocycles. The van der Waals surface area contributed by atoms with Crippen molar-refractivity contribution in [3.05, 3.63) is 35.0 Å². The number of nitrogens with one attached hydrogen (secondary N) is 2. The van der Waals surface area contributed by atoms with Crippen molar-refractivity contribution in [2.45, 2.75) is 20.8 Å². The lowest BCUT2D eigenvalue weighted by Crippen LogP contribution is -2.21. The van der Waals surface area contributed by atoms with Crippen LogP contribution in [-0.4, -0.2) is 47.3 Å². The Balaban J connectivity index is 2.10. The summed E-state index contributed by atoms with van der Waals surface area (Å²) >= 11 is 0. The van der Waals surface area contributed by atoms with E-state index in [0.717, 1.165) is 18.8 Å². The molecule has 0 radical (unpaired) electrons. The van der Waals surface area contributed by atoms with E-state index >= 15 is 0 Å². The number of benzene rings is 1. The van der Waals surface area contributed by atoms with Crippen molar-refractivity contribution in [1.82, 2.24) is 20.1 Å². The molecule has 0 aliphatic rings. The second-order valence-corrected chi connectivity index (χ2v) is 5.79. The van der Waals surface area contributed by atoms with Gasteiger partial charge in [-0.1, -0.05) is 17.7 Å². The summed E-state index contributed by atoms with van der Waals surface area (Å²) in [7, 11) is 4.06. The van der Waals surface area contributed by atoms with Crippen LogP contribution in [0.3, 0.4) is 0 Å². The molecule has 0 fully saturated rings. The van der Waals surface area contributed by atoms with Gasteiger partial charge >= 0.3 is 0 Å².